The molecule has 0 spiro atoms. The van der Waals surface area contributed by atoms with Gasteiger partial charge in [-0.2, -0.15) is 15.0 Å². The summed E-state index contributed by atoms with van der Waals surface area (Å²) in [6.07, 6.45) is 3.60. The summed E-state index contributed by atoms with van der Waals surface area (Å²) in [7, 11) is 0. The van der Waals surface area contributed by atoms with Gasteiger partial charge in [0.25, 0.3) is 0 Å². The molecule has 0 saturated heterocycles. The van der Waals surface area contributed by atoms with E-state index in [2.05, 4.69) is 45.0 Å². The van der Waals surface area contributed by atoms with Crippen molar-refractivity contribution in [1.29, 1.82) is 5.26 Å². The van der Waals surface area contributed by atoms with Gasteiger partial charge in [0, 0.05) is 0 Å². The Morgan fingerprint density at radius 2 is 2.19 bits per heavy atom. The monoisotopic (exact) mass is 301 g/mol. The Labute approximate surface area is 125 Å². The Morgan fingerprint density at radius 1 is 1.38 bits per heavy atom. The van der Waals surface area contributed by atoms with Crippen molar-refractivity contribution in [2.45, 2.75) is 20.3 Å². The minimum atomic E-state index is 0.253. The molecule has 3 rings (SSSR count). The van der Waals surface area contributed by atoms with Gasteiger partial charge in [0.05, 0.1) is 12.0 Å². The van der Waals surface area contributed by atoms with Gasteiger partial charge in [-0.05, 0) is 12.3 Å². The van der Waals surface area contributed by atoms with Crippen molar-refractivity contribution < 1.29 is 0 Å². The van der Waals surface area contributed by atoms with Gasteiger partial charge < -0.3 is 4.98 Å². The molecule has 21 heavy (non-hydrogen) atoms. The van der Waals surface area contributed by atoms with Crippen molar-refractivity contribution in [2.75, 3.05) is 0 Å². The van der Waals surface area contributed by atoms with Crippen LogP contribution in [0.3, 0.4) is 0 Å². The van der Waals surface area contributed by atoms with E-state index in [4.69, 9.17) is 11.6 Å². The van der Waals surface area contributed by atoms with Crippen LogP contribution in [-0.4, -0.2) is 29.7 Å². The second-order valence-corrected chi connectivity index (χ2v) is 5.39. The van der Waals surface area contributed by atoms with Gasteiger partial charge in [0.15, 0.2) is 16.6 Å². The summed E-state index contributed by atoms with van der Waals surface area (Å²) in [4.78, 5) is 15.3. The lowest BCUT2D eigenvalue weighted by molar-refractivity contribution is 0.627. The van der Waals surface area contributed by atoms with Crippen molar-refractivity contribution in [2.24, 2.45) is 5.92 Å². The van der Waals surface area contributed by atoms with E-state index in [-0.39, 0.29) is 5.15 Å². The quantitative estimate of drug-likeness (QED) is 0.800. The molecule has 0 bridgehead atoms. The molecule has 0 aliphatic carbocycles. The van der Waals surface area contributed by atoms with Crippen LogP contribution in [0.4, 0.5) is 0 Å². The zero-order chi connectivity index (χ0) is 15.0. The maximum absolute atomic E-state index is 9.30. The first-order valence-corrected chi connectivity index (χ1v) is 6.81. The maximum Gasteiger partial charge on any atom is 0.184 e. The van der Waals surface area contributed by atoms with E-state index in [0.29, 0.717) is 40.6 Å². The fourth-order valence-corrected chi connectivity index (χ4v) is 2.40. The molecule has 106 valence electrons. The number of hydrogen-bond donors (Lipinski definition) is 1. The van der Waals surface area contributed by atoms with Crippen LogP contribution in [0.15, 0.2) is 12.7 Å². The Kier molecular flexibility index (Phi) is 3.31. The normalized spacial score (nSPS) is 11.2. The number of rotatable bonds is 3. The number of aromatic nitrogens is 6. The highest BCUT2D eigenvalue weighted by Gasteiger charge is 2.20. The number of hydrogen-bond acceptors (Lipinski definition) is 5. The third-order valence-electron chi connectivity index (χ3n) is 3.02. The average molecular weight is 302 g/mol. The van der Waals surface area contributed by atoms with Crippen LogP contribution in [0.2, 0.25) is 5.15 Å². The number of halogens is 1. The Morgan fingerprint density at radius 3 is 2.90 bits per heavy atom. The van der Waals surface area contributed by atoms with E-state index >= 15 is 0 Å². The first kappa shape index (κ1) is 13.5. The van der Waals surface area contributed by atoms with Crippen molar-refractivity contribution in [3.8, 4) is 11.9 Å². The molecule has 0 aliphatic heterocycles. The Bertz CT molecular complexity index is 840. The van der Waals surface area contributed by atoms with Crippen molar-refractivity contribution in [3.63, 3.8) is 0 Å². The molecule has 0 aliphatic rings. The molecule has 3 aromatic heterocycles. The smallest absolute Gasteiger partial charge is 0.184 e. The van der Waals surface area contributed by atoms with Gasteiger partial charge in [0.2, 0.25) is 0 Å². The fraction of sp³-hybridized carbons (Fsp3) is 0.308. The molecule has 0 fully saturated rings. The van der Waals surface area contributed by atoms with Gasteiger partial charge in [-0.25, -0.2) is 15.0 Å². The number of imidazole rings is 1. The molecule has 3 aromatic rings. The second-order valence-electron chi connectivity index (χ2n) is 5.03. The number of nitrogens with one attached hydrogen (secondary N) is 1. The van der Waals surface area contributed by atoms with Crippen LogP contribution in [0.5, 0.6) is 0 Å². The highest BCUT2D eigenvalue weighted by molar-refractivity contribution is 6.31. The molecular weight excluding hydrogens is 290 g/mol. The summed E-state index contributed by atoms with van der Waals surface area (Å²) in [5.41, 5.74) is 2.21. The minimum Gasteiger partial charge on any atom is -0.340 e. The highest BCUT2D eigenvalue weighted by Crippen LogP contribution is 2.26. The minimum absolute atomic E-state index is 0.253. The summed E-state index contributed by atoms with van der Waals surface area (Å²) < 4.78 is 1.46. The molecular formula is C13H12ClN7. The molecule has 0 radical (unpaired) electrons. The number of fused-ring (bicyclic) bond motifs is 1. The molecule has 0 amide bonds. The van der Waals surface area contributed by atoms with E-state index in [9.17, 15) is 5.26 Å². The number of aromatic amines is 1. The molecule has 0 atom stereocenters. The summed E-state index contributed by atoms with van der Waals surface area (Å²) in [5, 5.41) is 14.0. The predicted octanol–water partition coefficient (Wildman–Crippen LogP) is 2.26. The third kappa shape index (κ3) is 2.23. The lowest BCUT2D eigenvalue weighted by atomic mass is 10.1. The first-order chi connectivity index (χ1) is 10.1. The van der Waals surface area contributed by atoms with Crippen LogP contribution in [0, 0.1) is 17.2 Å². The van der Waals surface area contributed by atoms with E-state index in [1.54, 1.807) is 0 Å². The van der Waals surface area contributed by atoms with Crippen LogP contribution >= 0.6 is 11.6 Å². The molecule has 0 saturated carbocycles. The zero-order valence-corrected chi connectivity index (χ0v) is 12.3. The van der Waals surface area contributed by atoms with Crippen LogP contribution in [-0.2, 0) is 6.42 Å². The summed E-state index contributed by atoms with van der Waals surface area (Å²) in [5.74, 6) is 0.850. The first-order valence-electron chi connectivity index (χ1n) is 6.43. The van der Waals surface area contributed by atoms with Crippen LogP contribution < -0.4 is 0 Å². The lowest BCUT2D eigenvalue weighted by Crippen LogP contribution is -2.03. The SMILES string of the molecule is CC(C)Cc1nn(-c2ncnc3nc[nH]c23)c(Cl)c1C#N. The fourth-order valence-electron chi connectivity index (χ4n) is 2.13. The molecule has 7 nitrogen and oxygen atoms in total. The van der Waals surface area contributed by atoms with Crippen LogP contribution in [0.1, 0.15) is 25.1 Å². The zero-order valence-electron chi connectivity index (χ0n) is 11.5. The highest BCUT2D eigenvalue weighted by atomic mass is 35.5. The summed E-state index contributed by atoms with van der Waals surface area (Å²) in [6.45, 7) is 4.12. The van der Waals surface area contributed by atoms with Gasteiger partial charge in [-0.3, -0.25) is 0 Å². The number of H-pyrrole nitrogens is 1. The van der Waals surface area contributed by atoms with E-state index in [1.807, 2.05) is 0 Å². The van der Waals surface area contributed by atoms with E-state index < -0.39 is 0 Å². The third-order valence-corrected chi connectivity index (χ3v) is 3.37. The Balaban J connectivity index is 2.21. The molecule has 3 heterocycles. The summed E-state index contributed by atoms with van der Waals surface area (Å²) in [6, 6.07) is 2.12. The van der Waals surface area contributed by atoms with E-state index in [0.717, 1.165) is 0 Å². The summed E-state index contributed by atoms with van der Waals surface area (Å²) >= 11 is 6.30. The van der Waals surface area contributed by atoms with Crippen LogP contribution in [0.25, 0.3) is 17.0 Å². The molecule has 8 heteroatoms. The van der Waals surface area contributed by atoms with Gasteiger partial charge in [-0.15, -0.1) is 0 Å². The standard InChI is InChI=1S/C13H12ClN7/c1-7(2)3-9-8(4-15)11(14)21(20-9)13-10-12(17-5-16-10)18-6-19-13/h5-7H,3H2,1-2H3,(H,16,17,18,19). The molecule has 0 aromatic carbocycles. The maximum atomic E-state index is 9.30. The van der Waals surface area contributed by atoms with Crippen molar-refractivity contribution >= 4 is 22.8 Å². The van der Waals surface area contributed by atoms with Gasteiger partial charge >= 0.3 is 0 Å². The average Bonchev–Trinajstić information content (AvgIpc) is 3.02. The largest absolute Gasteiger partial charge is 0.340 e. The predicted molar refractivity (Wildman–Crippen MR) is 77.1 cm³/mol. The van der Waals surface area contributed by atoms with Gasteiger partial charge in [-0.1, -0.05) is 25.4 Å². The Hall–Kier alpha value is -2.46. The number of nitriles is 1. The number of nitrogens with zero attached hydrogens (tertiary/aromatic N) is 6. The molecule has 0 unspecified atom stereocenters. The van der Waals surface area contributed by atoms with E-state index in [1.165, 1.54) is 17.3 Å². The van der Waals surface area contributed by atoms with Crippen molar-refractivity contribution in [1.82, 2.24) is 29.7 Å². The topological polar surface area (TPSA) is 96.1 Å². The van der Waals surface area contributed by atoms with Gasteiger partial charge in [0.1, 0.15) is 23.5 Å². The van der Waals surface area contributed by atoms with Crippen molar-refractivity contribution in [3.05, 3.63) is 29.1 Å². The second kappa shape index (κ2) is 5.14. The lowest BCUT2D eigenvalue weighted by Gasteiger charge is -2.02. The molecule has 1 N–H and O–H groups in total.